The number of likely N-dealkylation sites (tertiary alicyclic amines) is 1. The second kappa shape index (κ2) is 9.51. The smallest absolute Gasteiger partial charge is 0.313 e. The molecule has 0 saturated carbocycles. The second-order valence-corrected chi connectivity index (χ2v) is 7.43. The van der Waals surface area contributed by atoms with Gasteiger partial charge in [0.15, 0.2) is 0 Å². The summed E-state index contributed by atoms with van der Waals surface area (Å²) in [4.78, 5) is 27.1. The molecule has 1 aliphatic heterocycles. The lowest BCUT2D eigenvalue weighted by molar-refractivity contribution is -0.136. The van der Waals surface area contributed by atoms with Crippen LogP contribution in [0.2, 0.25) is 0 Å². The molecule has 1 saturated heterocycles. The van der Waals surface area contributed by atoms with E-state index in [0.717, 1.165) is 55.7 Å². The van der Waals surface area contributed by atoms with Crippen molar-refractivity contribution in [2.24, 2.45) is 0 Å². The number of carbonyl (C=O) groups is 2. The maximum atomic E-state index is 12.4. The first kappa shape index (κ1) is 20.1. The minimum atomic E-state index is -0.587. The van der Waals surface area contributed by atoms with Gasteiger partial charge in [0.05, 0.1) is 0 Å². The lowest BCUT2D eigenvalue weighted by Gasteiger charge is -2.32. The molecule has 1 fully saturated rings. The Kier molecular flexibility index (Phi) is 6.82. The molecule has 0 radical (unpaired) electrons. The molecule has 0 bridgehead atoms. The third-order valence-electron chi connectivity index (χ3n) is 5.36. The van der Waals surface area contributed by atoms with Gasteiger partial charge in [-0.15, -0.1) is 0 Å². The van der Waals surface area contributed by atoms with E-state index in [1.54, 1.807) is 0 Å². The van der Waals surface area contributed by atoms with Crippen LogP contribution in [-0.4, -0.2) is 35.8 Å². The fourth-order valence-electron chi connectivity index (χ4n) is 3.70. The van der Waals surface area contributed by atoms with Gasteiger partial charge in [0.25, 0.3) is 0 Å². The van der Waals surface area contributed by atoms with Gasteiger partial charge in [0, 0.05) is 31.4 Å². The molecule has 5 heteroatoms. The Bertz CT molecular complexity index is 812. The van der Waals surface area contributed by atoms with Gasteiger partial charge in [-0.25, -0.2) is 0 Å². The van der Waals surface area contributed by atoms with Gasteiger partial charge >= 0.3 is 11.8 Å². The highest BCUT2D eigenvalue weighted by Crippen LogP contribution is 2.21. The fourth-order valence-corrected chi connectivity index (χ4v) is 3.70. The summed E-state index contributed by atoms with van der Waals surface area (Å²) in [6.07, 6.45) is 2.52. The van der Waals surface area contributed by atoms with Crippen LogP contribution in [0.25, 0.3) is 0 Å². The Balaban J connectivity index is 1.48. The average Bonchev–Trinajstić information content (AvgIpc) is 2.71. The van der Waals surface area contributed by atoms with Crippen LogP contribution in [0.4, 0.5) is 5.69 Å². The van der Waals surface area contributed by atoms with Gasteiger partial charge in [-0.05, 0) is 42.9 Å². The third-order valence-corrected chi connectivity index (χ3v) is 5.36. The van der Waals surface area contributed by atoms with E-state index in [4.69, 9.17) is 0 Å². The van der Waals surface area contributed by atoms with Crippen molar-refractivity contribution < 1.29 is 9.59 Å². The Morgan fingerprint density at radius 2 is 1.71 bits per heavy atom. The summed E-state index contributed by atoms with van der Waals surface area (Å²) in [6.45, 7) is 6.73. The molecule has 0 spiro atoms. The number of rotatable bonds is 5. The summed E-state index contributed by atoms with van der Waals surface area (Å²) in [5.41, 5.74) is 4.06. The Morgan fingerprint density at radius 3 is 2.39 bits per heavy atom. The number of para-hydroxylation sites is 1. The molecule has 0 aliphatic carbocycles. The van der Waals surface area contributed by atoms with Gasteiger partial charge in [-0.3, -0.25) is 14.5 Å². The molecule has 2 N–H and O–H groups in total. The van der Waals surface area contributed by atoms with E-state index >= 15 is 0 Å². The minimum absolute atomic E-state index is 0.0489. The monoisotopic (exact) mass is 379 g/mol. The number of hydrogen-bond acceptors (Lipinski definition) is 3. The first-order valence-electron chi connectivity index (χ1n) is 10.0. The maximum Gasteiger partial charge on any atom is 0.313 e. The number of aryl methyl sites for hydroxylation is 2. The number of piperidine rings is 1. The number of anilines is 1. The van der Waals surface area contributed by atoms with E-state index in [9.17, 15) is 9.59 Å². The molecule has 148 valence electrons. The number of nitrogens with one attached hydrogen (secondary N) is 2. The van der Waals surface area contributed by atoms with Crippen LogP contribution >= 0.6 is 0 Å². The topological polar surface area (TPSA) is 61.4 Å². The predicted octanol–water partition coefficient (Wildman–Crippen LogP) is 3.28. The molecule has 2 amide bonds. The molecule has 3 rings (SSSR count). The van der Waals surface area contributed by atoms with E-state index in [-0.39, 0.29) is 6.04 Å². The Labute approximate surface area is 167 Å². The van der Waals surface area contributed by atoms with Crippen molar-refractivity contribution in [2.45, 2.75) is 45.7 Å². The lowest BCUT2D eigenvalue weighted by atomic mass is 10.0. The predicted molar refractivity (Wildman–Crippen MR) is 112 cm³/mol. The zero-order valence-corrected chi connectivity index (χ0v) is 16.7. The van der Waals surface area contributed by atoms with Crippen molar-refractivity contribution in [3.8, 4) is 0 Å². The standard InChI is InChI=1S/C23H29N3O2/c1-3-19-11-7-8-17(2)21(19)25-23(28)22(27)24-20-12-14-26(15-13-20)16-18-9-5-4-6-10-18/h4-11,20H,3,12-16H2,1-2H3,(H,24,27)(H,25,28). The van der Waals surface area contributed by atoms with Crippen molar-refractivity contribution in [3.63, 3.8) is 0 Å². The molecular weight excluding hydrogens is 350 g/mol. The molecular formula is C23H29N3O2. The molecule has 5 nitrogen and oxygen atoms in total. The SMILES string of the molecule is CCc1cccc(C)c1NC(=O)C(=O)NC1CCN(Cc2ccccc2)CC1. The van der Waals surface area contributed by atoms with Crippen LogP contribution in [0, 0.1) is 6.92 Å². The van der Waals surface area contributed by atoms with E-state index < -0.39 is 11.8 Å². The highest BCUT2D eigenvalue weighted by molar-refractivity contribution is 6.39. The van der Waals surface area contributed by atoms with Gasteiger partial charge in [-0.2, -0.15) is 0 Å². The number of amides is 2. The molecule has 1 heterocycles. The number of benzene rings is 2. The summed E-state index contributed by atoms with van der Waals surface area (Å²) < 4.78 is 0. The van der Waals surface area contributed by atoms with Crippen LogP contribution in [0.3, 0.4) is 0 Å². The molecule has 0 aromatic heterocycles. The fraction of sp³-hybridized carbons (Fsp3) is 0.391. The van der Waals surface area contributed by atoms with E-state index in [1.807, 2.05) is 38.1 Å². The van der Waals surface area contributed by atoms with Crippen LogP contribution in [0.1, 0.15) is 36.5 Å². The summed E-state index contributed by atoms with van der Waals surface area (Å²) >= 11 is 0. The maximum absolute atomic E-state index is 12.4. The van der Waals surface area contributed by atoms with Crippen molar-refractivity contribution in [1.82, 2.24) is 10.2 Å². The molecule has 2 aromatic carbocycles. The van der Waals surface area contributed by atoms with Gasteiger partial charge < -0.3 is 10.6 Å². The van der Waals surface area contributed by atoms with Gasteiger partial charge in [0.2, 0.25) is 0 Å². The van der Waals surface area contributed by atoms with E-state index in [1.165, 1.54) is 5.56 Å². The highest BCUT2D eigenvalue weighted by atomic mass is 16.2. The normalized spacial score (nSPS) is 15.2. The largest absolute Gasteiger partial charge is 0.345 e. The van der Waals surface area contributed by atoms with Crippen LogP contribution in [0.15, 0.2) is 48.5 Å². The van der Waals surface area contributed by atoms with Gasteiger partial charge in [-0.1, -0.05) is 55.5 Å². The molecule has 0 atom stereocenters. The molecule has 1 aliphatic rings. The third kappa shape index (κ3) is 5.20. The minimum Gasteiger partial charge on any atom is -0.345 e. The lowest BCUT2D eigenvalue weighted by Crippen LogP contribution is -2.47. The first-order valence-corrected chi connectivity index (χ1v) is 10.0. The van der Waals surface area contributed by atoms with Crippen LogP contribution in [-0.2, 0) is 22.6 Å². The summed E-state index contributed by atoms with van der Waals surface area (Å²) in [7, 11) is 0. The quantitative estimate of drug-likeness (QED) is 0.784. The van der Waals surface area contributed by atoms with Crippen molar-refractivity contribution in [2.75, 3.05) is 18.4 Å². The van der Waals surface area contributed by atoms with E-state index in [0.29, 0.717) is 0 Å². The first-order chi connectivity index (χ1) is 13.6. The zero-order chi connectivity index (χ0) is 19.9. The summed E-state index contributed by atoms with van der Waals surface area (Å²) in [5, 5.41) is 5.70. The van der Waals surface area contributed by atoms with Crippen LogP contribution < -0.4 is 10.6 Å². The Hall–Kier alpha value is -2.66. The molecule has 2 aromatic rings. The Morgan fingerprint density at radius 1 is 1.00 bits per heavy atom. The number of carbonyl (C=O) groups excluding carboxylic acids is 2. The second-order valence-electron chi connectivity index (χ2n) is 7.43. The average molecular weight is 380 g/mol. The van der Waals surface area contributed by atoms with Crippen molar-refractivity contribution in [1.29, 1.82) is 0 Å². The zero-order valence-electron chi connectivity index (χ0n) is 16.7. The van der Waals surface area contributed by atoms with Gasteiger partial charge in [0.1, 0.15) is 0 Å². The van der Waals surface area contributed by atoms with Crippen molar-refractivity contribution >= 4 is 17.5 Å². The van der Waals surface area contributed by atoms with E-state index in [2.05, 4.69) is 39.8 Å². The summed E-state index contributed by atoms with van der Waals surface area (Å²) in [6, 6.07) is 16.3. The highest BCUT2D eigenvalue weighted by Gasteiger charge is 2.24. The summed E-state index contributed by atoms with van der Waals surface area (Å²) in [5.74, 6) is -1.14. The molecule has 0 unspecified atom stereocenters. The number of hydrogen-bond donors (Lipinski definition) is 2. The number of nitrogens with zero attached hydrogens (tertiary/aromatic N) is 1. The van der Waals surface area contributed by atoms with Crippen LogP contribution in [0.5, 0.6) is 0 Å². The molecule has 28 heavy (non-hydrogen) atoms. The van der Waals surface area contributed by atoms with Crippen molar-refractivity contribution in [3.05, 3.63) is 65.2 Å².